The molecule has 0 amide bonds. The van der Waals surface area contributed by atoms with Crippen LogP contribution in [0.15, 0.2) is 0 Å². The summed E-state index contributed by atoms with van der Waals surface area (Å²) < 4.78 is 25.5. The molecule has 0 atom stereocenters. The van der Waals surface area contributed by atoms with Crippen LogP contribution in [0.4, 0.5) is 8.78 Å². The van der Waals surface area contributed by atoms with Gasteiger partial charge in [0, 0.05) is 19.4 Å². The number of hydrogen-bond donors (Lipinski definition) is 2. The van der Waals surface area contributed by atoms with Crippen LogP contribution in [0.3, 0.4) is 0 Å². The smallest absolute Gasteiger partial charge is 0.248 e. The Bertz CT molecular complexity index is 149. The Labute approximate surface area is 71.5 Å². The summed E-state index contributed by atoms with van der Waals surface area (Å²) in [6, 6.07) is 0. The van der Waals surface area contributed by atoms with Gasteiger partial charge in [-0.15, -0.1) is 0 Å². The zero-order valence-corrected chi connectivity index (χ0v) is 7.37. The lowest BCUT2D eigenvalue weighted by Gasteiger charge is -2.36. The normalized spacial score (nSPS) is 27.0. The van der Waals surface area contributed by atoms with E-state index in [9.17, 15) is 8.78 Å². The lowest BCUT2D eigenvalue weighted by Crippen LogP contribution is -2.40. The molecular weight excluding hydrogens is 162 g/mol. The van der Waals surface area contributed by atoms with Crippen LogP contribution in [-0.4, -0.2) is 12.5 Å². The van der Waals surface area contributed by atoms with Crippen molar-refractivity contribution in [2.24, 2.45) is 11.3 Å². The average molecular weight is 178 g/mol. The molecule has 0 aromatic carbocycles. The maximum atomic E-state index is 12.7. The van der Waals surface area contributed by atoms with Gasteiger partial charge in [-0.3, -0.25) is 11.3 Å². The van der Waals surface area contributed by atoms with Gasteiger partial charge < -0.3 is 0 Å². The van der Waals surface area contributed by atoms with Gasteiger partial charge in [0.15, 0.2) is 0 Å². The van der Waals surface area contributed by atoms with Crippen molar-refractivity contribution in [3.05, 3.63) is 0 Å². The minimum atomic E-state index is -2.44. The SMILES string of the molecule is CC1(CNN)CCC(F)(F)CC1. The summed E-state index contributed by atoms with van der Waals surface area (Å²) >= 11 is 0. The van der Waals surface area contributed by atoms with E-state index < -0.39 is 5.92 Å². The van der Waals surface area contributed by atoms with Gasteiger partial charge in [-0.2, -0.15) is 0 Å². The molecule has 72 valence electrons. The fourth-order valence-electron chi connectivity index (χ4n) is 1.64. The molecule has 1 rings (SSSR count). The highest BCUT2D eigenvalue weighted by molar-refractivity contribution is 4.86. The molecule has 0 radical (unpaired) electrons. The summed E-state index contributed by atoms with van der Waals surface area (Å²) in [5.74, 6) is 2.74. The van der Waals surface area contributed by atoms with Crippen molar-refractivity contribution in [2.75, 3.05) is 6.54 Å². The first-order valence-electron chi connectivity index (χ1n) is 4.29. The second kappa shape index (κ2) is 3.26. The van der Waals surface area contributed by atoms with Gasteiger partial charge in [0.05, 0.1) is 0 Å². The zero-order valence-electron chi connectivity index (χ0n) is 7.37. The second-order valence-corrected chi connectivity index (χ2v) is 4.05. The Balaban J connectivity index is 2.44. The van der Waals surface area contributed by atoms with Gasteiger partial charge in [0.25, 0.3) is 0 Å². The van der Waals surface area contributed by atoms with Crippen molar-refractivity contribution >= 4 is 0 Å². The van der Waals surface area contributed by atoms with Crippen molar-refractivity contribution in [2.45, 2.75) is 38.5 Å². The van der Waals surface area contributed by atoms with Gasteiger partial charge in [-0.1, -0.05) is 6.92 Å². The highest BCUT2D eigenvalue weighted by Gasteiger charge is 2.40. The first-order valence-corrected chi connectivity index (χ1v) is 4.29. The number of rotatable bonds is 2. The minimum absolute atomic E-state index is 0.00514. The molecule has 1 aliphatic rings. The summed E-state index contributed by atoms with van der Waals surface area (Å²) in [6.07, 6.45) is 1.13. The molecule has 0 bridgehead atoms. The molecule has 4 heteroatoms. The maximum absolute atomic E-state index is 12.7. The largest absolute Gasteiger partial charge is 0.271 e. The van der Waals surface area contributed by atoms with Crippen molar-refractivity contribution in [3.8, 4) is 0 Å². The first kappa shape index (κ1) is 9.86. The van der Waals surface area contributed by atoms with E-state index in [4.69, 9.17) is 5.84 Å². The zero-order chi connectivity index (χ0) is 9.24. The number of hydrogen-bond acceptors (Lipinski definition) is 2. The van der Waals surface area contributed by atoms with Crippen molar-refractivity contribution in [1.29, 1.82) is 0 Å². The lowest BCUT2D eigenvalue weighted by molar-refractivity contribution is -0.0629. The summed E-state index contributed by atoms with van der Waals surface area (Å²) in [5, 5.41) is 0. The number of hydrazine groups is 1. The van der Waals surface area contributed by atoms with Gasteiger partial charge in [-0.25, -0.2) is 8.78 Å². The Hall–Kier alpha value is -0.220. The molecule has 1 fully saturated rings. The Kier molecular flexibility index (Phi) is 2.68. The quantitative estimate of drug-likeness (QED) is 0.498. The standard InChI is InChI=1S/C8H16F2N2/c1-7(6-12-11)2-4-8(9,10)5-3-7/h12H,2-6,11H2,1H3. The van der Waals surface area contributed by atoms with Crippen LogP contribution >= 0.6 is 0 Å². The minimum Gasteiger partial charge on any atom is -0.271 e. The molecule has 1 aliphatic carbocycles. The molecule has 0 aromatic heterocycles. The average Bonchev–Trinajstić information content (AvgIpc) is 1.98. The highest BCUT2D eigenvalue weighted by Crippen LogP contribution is 2.42. The van der Waals surface area contributed by atoms with E-state index in [0.717, 1.165) is 0 Å². The molecule has 12 heavy (non-hydrogen) atoms. The number of nitrogens with one attached hydrogen (secondary N) is 1. The van der Waals surface area contributed by atoms with Gasteiger partial charge >= 0.3 is 0 Å². The molecule has 0 aromatic rings. The van der Waals surface area contributed by atoms with Gasteiger partial charge in [0.2, 0.25) is 5.92 Å². The van der Waals surface area contributed by atoms with Crippen LogP contribution in [0.25, 0.3) is 0 Å². The molecule has 0 saturated heterocycles. The van der Waals surface area contributed by atoms with E-state index in [1.54, 1.807) is 0 Å². The van der Waals surface area contributed by atoms with Crippen molar-refractivity contribution in [3.63, 3.8) is 0 Å². The third-order valence-electron chi connectivity index (χ3n) is 2.72. The van der Waals surface area contributed by atoms with Crippen molar-refractivity contribution < 1.29 is 8.78 Å². The molecular formula is C8H16F2N2. The first-order chi connectivity index (χ1) is 5.47. The number of halogens is 2. The molecule has 0 heterocycles. The molecule has 0 aliphatic heterocycles. The molecule has 0 unspecified atom stereocenters. The van der Waals surface area contributed by atoms with Crippen LogP contribution in [-0.2, 0) is 0 Å². The monoisotopic (exact) mass is 178 g/mol. The van der Waals surface area contributed by atoms with Crippen LogP contribution < -0.4 is 11.3 Å². The van der Waals surface area contributed by atoms with Crippen LogP contribution in [0.1, 0.15) is 32.6 Å². The van der Waals surface area contributed by atoms with E-state index in [2.05, 4.69) is 5.43 Å². The van der Waals surface area contributed by atoms with Crippen LogP contribution in [0.2, 0.25) is 0 Å². The summed E-state index contributed by atoms with van der Waals surface area (Å²) in [6.45, 7) is 2.63. The predicted octanol–water partition coefficient (Wildman–Crippen LogP) is 1.67. The maximum Gasteiger partial charge on any atom is 0.248 e. The number of nitrogens with two attached hydrogens (primary N) is 1. The summed E-state index contributed by atoms with van der Waals surface area (Å²) in [4.78, 5) is 0. The van der Waals surface area contributed by atoms with E-state index in [-0.39, 0.29) is 18.3 Å². The van der Waals surface area contributed by atoms with Crippen LogP contribution in [0.5, 0.6) is 0 Å². The molecule has 1 saturated carbocycles. The number of alkyl halides is 2. The van der Waals surface area contributed by atoms with Gasteiger partial charge in [-0.05, 0) is 18.3 Å². The van der Waals surface area contributed by atoms with E-state index in [1.165, 1.54) is 0 Å². The fourth-order valence-corrected chi connectivity index (χ4v) is 1.64. The molecule has 3 N–H and O–H groups in total. The summed E-state index contributed by atoms with van der Waals surface area (Å²) in [5.41, 5.74) is 2.53. The molecule has 0 spiro atoms. The third-order valence-corrected chi connectivity index (χ3v) is 2.72. The van der Waals surface area contributed by atoms with E-state index in [1.807, 2.05) is 6.92 Å². The Morgan fingerprint density at radius 1 is 1.25 bits per heavy atom. The van der Waals surface area contributed by atoms with E-state index in [0.29, 0.717) is 19.4 Å². The fraction of sp³-hybridized carbons (Fsp3) is 1.00. The van der Waals surface area contributed by atoms with Crippen LogP contribution in [0, 0.1) is 5.41 Å². The highest BCUT2D eigenvalue weighted by atomic mass is 19.3. The topological polar surface area (TPSA) is 38.0 Å². The van der Waals surface area contributed by atoms with E-state index >= 15 is 0 Å². The third kappa shape index (κ3) is 2.38. The second-order valence-electron chi connectivity index (χ2n) is 4.05. The molecule has 2 nitrogen and oxygen atoms in total. The van der Waals surface area contributed by atoms with Gasteiger partial charge in [0.1, 0.15) is 0 Å². The Morgan fingerprint density at radius 2 is 1.75 bits per heavy atom. The Morgan fingerprint density at radius 3 is 2.17 bits per heavy atom. The predicted molar refractivity (Wildman–Crippen MR) is 43.7 cm³/mol. The summed E-state index contributed by atoms with van der Waals surface area (Å²) in [7, 11) is 0. The van der Waals surface area contributed by atoms with Crippen molar-refractivity contribution in [1.82, 2.24) is 5.43 Å². The lowest BCUT2D eigenvalue weighted by atomic mass is 9.74.